The van der Waals surface area contributed by atoms with Crippen molar-refractivity contribution in [3.05, 3.63) is 27.9 Å². The van der Waals surface area contributed by atoms with Crippen LogP contribution in [0.4, 0.5) is 11.5 Å². The fourth-order valence-corrected chi connectivity index (χ4v) is 3.25. The van der Waals surface area contributed by atoms with E-state index >= 15 is 0 Å². The van der Waals surface area contributed by atoms with Gasteiger partial charge in [0.15, 0.2) is 0 Å². The van der Waals surface area contributed by atoms with Crippen LogP contribution in [0.1, 0.15) is 18.5 Å². The molecule has 18 heavy (non-hydrogen) atoms. The SMILES string of the molecule is Cc1nc(NCC2CCSCC2)ccc1[N+](=O)[O-]. The number of aryl methyl sites for hydroxylation is 1. The molecule has 2 heterocycles. The fraction of sp³-hybridized carbons (Fsp3) is 0.583. The Morgan fingerprint density at radius 2 is 2.22 bits per heavy atom. The van der Waals surface area contributed by atoms with Gasteiger partial charge in [-0.3, -0.25) is 10.1 Å². The molecule has 1 aliphatic rings. The lowest BCUT2D eigenvalue weighted by Gasteiger charge is -2.21. The molecule has 98 valence electrons. The molecule has 2 rings (SSSR count). The molecule has 1 fully saturated rings. The standard InChI is InChI=1S/C12H17N3O2S/c1-9-11(15(16)17)2-3-12(14-9)13-8-10-4-6-18-7-5-10/h2-3,10H,4-8H2,1H3,(H,13,14). The third kappa shape index (κ3) is 3.35. The lowest BCUT2D eigenvalue weighted by Crippen LogP contribution is -2.19. The number of aromatic nitrogens is 1. The molecule has 0 saturated carbocycles. The molecular weight excluding hydrogens is 250 g/mol. The molecule has 0 atom stereocenters. The molecule has 5 nitrogen and oxygen atoms in total. The van der Waals surface area contributed by atoms with Crippen molar-refractivity contribution in [2.24, 2.45) is 5.92 Å². The van der Waals surface area contributed by atoms with Gasteiger partial charge in [0.05, 0.1) is 4.92 Å². The Balaban J connectivity index is 1.93. The highest BCUT2D eigenvalue weighted by Gasteiger charge is 2.15. The summed E-state index contributed by atoms with van der Waals surface area (Å²) in [5.74, 6) is 3.90. The van der Waals surface area contributed by atoms with Crippen molar-refractivity contribution in [1.82, 2.24) is 4.98 Å². The smallest absolute Gasteiger partial charge is 0.290 e. The number of anilines is 1. The van der Waals surface area contributed by atoms with E-state index in [9.17, 15) is 10.1 Å². The van der Waals surface area contributed by atoms with Gasteiger partial charge in [0.25, 0.3) is 5.69 Å². The summed E-state index contributed by atoms with van der Waals surface area (Å²) in [4.78, 5) is 14.5. The van der Waals surface area contributed by atoms with Gasteiger partial charge < -0.3 is 5.32 Å². The number of nitro groups is 1. The van der Waals surface area contributed by atoms with Gasteiger partial charge in [-0.25, -0.2) is 4.98 Å². The number of nitrogens with zero attached hydrogens (tertiary/aromatic N) is 2. The molecule has 0 bridgehead atoms. The van der Waals surface area contributed by atoms with Crippen LogP contribution in [0.2, 0.25) is 0 Å². The van der Waals surface area contributed by atoms with Crippen LogP contribution < -0.4 is 5.32 Å². The second-order valence-corrected chi connectivity index (χ2v) is 5.72. The first-order chi connectivity index (χ1) is 8.66. The van der Waals surface area contributed by atoms with Crippen molar-refractivity contribution in [2.45, 2.75) is 19.8 Å². The Bertz CT molecular complexity index is 433. The molecule has 1 aromatic heterocycles. The lowest BCUT2D eigenvalue weighted by molar-refractivity contribution is -0.385. The third-order valence-electron chi connectivity index (χ3n) is 3.17. The number of rotatable bonds is 4. The predicted octanol–water partition coefficient (Wildman–Crippen LogP) is 2.85. The van der Waals surface area contributed by atoms with Gasteiger partial charge in [0.2, 0.25) is 0 Å². The Labute approximate surface area is 111 Å². The first kappa shape index (κ1) is 13.1. The summed E-state index contributed by atoms with van der Waals surface area (Å²) >= 11 is 2.01. The number of hydrogen-bond acceptors (Lipinski definition) is 5. The zero-order valence-corrected chi connectivity index (χ0v) is 11.2. The number of hydrogen-bond donors (Lipinski definition) is 1. The number of pyridine rings is 1. The van der Waals surface area contributed by atoms with Crippen molar-refractivity contribution < 1.29 is 4.92 Å². The maximum absolute atomic E-state index is 10.7. The zero-order chi connectivity index (χ0) is 13.0. The topological polar surface area (TPSA) is 68.1 Å². The number of nitrogens with one attached hydrogen (secondary N) is 1. The zero-order valence-electron chi connectivity index (χ0n) is 10.4. The van der Waals surface area contributed by atoms with Crippen molar-refractivity contribution in [2.75, 3.05) is 23.4 Å². The van der Waals surface area contributed by atoms with Crippen LogP contribution in [0.25, 0.3) is 0 Å². The van der Waals surface area contributed by atoms with Gasteiger partial charge in [0, 0.05) is 12.6 Å². The van der Waals surface area contributed by atoms with Gasteiger partial charge >= 0.3 is 0 Å². The van der Waals surface area contributed by atoms with Gasteiger partial charge in [-0.1, -0.05) is 0 Å². The molecule has 0 spiro atoms. The van der Waals surface area contributed by atoms with Crippen LogP contribution in [0, 0.1) is 23.0 Å². The Morgan fingerprint density at radius 1 is 1.50 bits per heavy atom. The van der Waals surface area contributed by atoms with Crippen molar-refractivity contribution in [1.29, 1.82) is 0 Å². The maximum atomic E-state index is 10.7. The minimum atomic E-state index is -0.398. The van der Waals surface area contributed by atoms with E-state index in [1.165, 1.54) is 30.4 Å². The summed E-state index contributed by atoms with van der Waals surface area (Å²) in [5, 5.41) is 14.0. The molecule has 0 aliphatic carbocycles. The van der Waals surface area contributed by atoms with Crippen LogP contribution in [0.3, 0.4) is 0 Å². The molecule has 0 amide bonds. The molecule has 0 radical (unpaired) electrons. The Morgan fingerprint density at radius 3 is 2.83 bits per heavy atom. The summed E-state index contributed by atoms with van der Waals surface area (Å²) in [5.41, 5.74) is 0.541. The fourth-order valence-electron chi connectivity index (χ4n) is 2.04. The van der Waals surface area contributed by atoms with E-state index in [1.807, 2.05) is 11.8 Å². The average Bonchev–Trinajstić information content (AvgIpc) is 2.37. The molecule has 0 aromatic carbocycles. The summed E-state index contributed by atoms with van der Waals surface area (Å²) < 4.78 is 0. The number of thioether (sulfide) groups is 1. The van der Waals surface area contributed by atoms with Gasteiger partial charge in [-0.2, -0.15) is 11.8 Å². The van der Waals surface area contributed by atoms with Crippen molar-refractivity contribution >= 4 is 23.3 Å². The van der Waals surface area contributed by atoms with Crippen LogP contribution in [-0.2, 0) is 0 Å². The molecule has 1 aromatic rings. The van der Waals surface area contributed by atoms with Crippen molar-refractivity contribution in [3.8, 4) is 0 Å². The van der Waals surface area contributed by atoms with Crippen LogP contribution in [0.5, 0.6) is 0 Å². The molecule has 1 saturated heterocycles. The molecule has 6 heteroatoms. The quantitative estimate of drug-likeness (QED) is 0.671. The van der Waals surface area contributed by atoms with E-state index in [0.717, 1.165) is 12.4 Å². The van der Waals surface area contributed by atoms with Crippen LogP contribution in [-0.4, -0.2) is 28.0 Å². The monoisotopic (exact) mass is 267 g/mol. The first-order valence-electron chi connectivity index (χ1n) is 6.10. The molecule has 0 unspecified atom stereocenters. The second kappa shape index (κ2) is 6.04. The Hall–Kier alpha value is -1.30. The third-order valence-corrected chi connectivity index (χ3v) is 4.22. The summed E-state index contributed by atoms with van der Waals surface area (Å²) in [6, 6.07) is 3.20. The van der Waals surface area contributed by atoms with E-state index in [0.29, 0.717) is 11.6 Å². The predicted molar refractivity (Wildman–Crippen MR) is 74.2 cm³/mol. The Kier molecular flexibility index (Phi) is 4.41. The highest BCUT2D eigenvalue weighted by atomic mass is 32.2. The highest BCUT2D eigenvalue weighted by Crippen LogP contribution is 2.23. The largest absolute Gasteiger partial charge is 0.370 e. The van der Waals surface area contributed by atoms with Crippen molar-refractivity contribution in [3.63, 3.8) is 0 Å². The summed E-state index contributed by atoms with van der Waals surface area (Å²) in [6.07, 6.45) is 2.48. The van der Waals surface area contributed by atoms with E-state index in [-0.39, 0.29) is 5.69 Å². The van der Waals surface area contributed by atoms with Crippen LogP contribution in [0.15, 0.2) is 12.1 Å². The highest BCUT2D eigenvalue weighted by molar-refractivity contribution is 7.99. The molecule has 1 aliphatic heterocycles. The van der Waals surface area contributed by atoms with E-state index in [2.05, 4.69) is 10.3 Å². The summed E-state index contributed by atoms with van der Waals surface area (Å²) in [7, 11) is 0. The first-order valence-corrected chi connectivity index (χ1v) is 7.26. The van der Waals surface area contributed by atoms with E-state index < -0.39 is 4.92 Å². The normalized spacial score (nSPS) is 16.5. The van der Waals surface area contributed by atoms with Gasteiger partial charge in [-0.15, -0.1) is 0 Å². The minimum Gasteiger partial charge on any atom is -0.370 e. The van der Waals surface area contributed by atoms with E-state index in [4.69, 9.17) is 0 Å². The second-order valence-electron chi connectivity index (χ2n) is 4.49. The molecular formula is C12H17N3O2S. The molecule has 1 N–H and O–H groups in total. The van der Waals surface area contributed by atoms with Crippen LogP contribution >= 0.6 is 11.8 Å². The van der Waals surface area contributed by atoms with Gasteiger partial charge in [0.1, 0.15) is 11.5 Å². The van der Waals surface area contributed by atoms with Gasteiger partial charge in [-0.05, 0) is 43.3 Å². The minimum absolute atomic E-state index is 0.0783. The lowest BCUT2D eigenvalue weighted by atomic mass is 10.0. The summed E-state index contributed by atoms with van der Waals surface area (Å²) in [6.45, 7) is 2.57. The average molecular weight is 267 g/mol. The maximum Gasteiger partial charge on any atom is 0.290 e. The van der Waals surface area contributed by atoms with E-state index in [1.54, 1.807) is 13.0 Å².